The molecule has 0 bridgehead atoms. The summed E-state index contributed by atoms with van der Waals surface area (Å²) in [5.41, 5.74) is 1.37. The van der Waals surface area contributed by atoms with E-state index in [1.165, 1.54) is 0 Å². The van der Waals surface area contributed by atoms with Crippen molar-refractivity contribution >= 4 is 35.7 Å². The molecule has 0 unspecified atom stereocenters. The highest BCUT2D eigenvalue weighted by molar-refractivity contribution is 6.19. The number of amides is 1. The number of nitrogens with zero attached hydrogens (tertiary/aromatic N) is 5. The van der Waals surface area contributed by atoms with Crippen molar-refractivity contribution in [1.29, 1.82) is 0 Å². The van der Waals surface area contributed by atoms with Crippen LogP contribution in [0.3, 0.4) is 0 Å². The van der Waals surface area contributed by atoms with E-state index in [2.05, 4.69) is 42.5 Å². The van der Waals surface area contributed by atoms with E-state index in [4.69, 9.17) is 4.42 Å². The molecule has 0 aliphatic carbocycles. The molecular weight excluding hydrogens is 475 g/mol. The zero-order valence-electron chi connectivity index (χ0n) is 18.3. The first-order valence-corrected chi connectivity index (χ1v) is 10.5. The first-order chi connectivity index (χ1) is 17.3. The van der Waals surface area contributed by atoms with Crippen LogP contribution in [0.1, 0.15) is 16.7 Å². The Hall–Kier alpha value is -4.87. The molecule has 1 amide bonds. The number of para-hydroxylation sites is 1. The minimum atomic E-state index is -4.61. The maximum absolute atomic E-state index is 13.0. The van der Waals surface area contributed by atoms with Crippen molar-refractivity contribution in [2.24, 2.45) is 9.98 Å². The van der Waals surface area contributed by atoms with Gasteiger partial charge in [0, 0.05) is 17.3 Å². The second-order valence-corrected chi connectivity index (χ2v) is 7.59. The molecule has 3 heterocycles. The molecule has 1 aliphatic heterocycles. The quantitative estimate of drug-likeness (QED) is 0.391. The van der Waals surface area contributed by atoms with Gasteiger partial charge < -0.3 is 15.1 Å². The number of nitrogens with one attached hydrogen (secondary N) is 2. The molecule has 180 valence electrons. The van der Waals surface area contributed by atoms with E-state index in [0.717, 1.165) is 17.2 Å². The molecule has 1 aliphatic rings. The molecule has 2 aromatic heterocycles. The maximum atomic E-state index is 13.0. The number of aromatic nitrogens is 3. The van der Waals surface area contributed by atoms with Crippen LogP contribution in [-0.4, -0.2) is 39.7 Å². The molecule has 2 aromatic carbocycles. The molecule has 0 saturated carbocycles. The molecule has 4 aromatic rings. The molecule has 0 radical (unpaired) electrons. The summed E-state index contributed by atoms with van der Waals surface area (Å²) in [6.45, 7) is 3.28. The molecule has 2 N–H and O–H groups in total. The lowest BCUT2D eigenvalue weighted by molar-refractivity contribution is -0.137. The predicted octanol–water partition coefficient (Wildman–Crippen LogP) is 4.71. The van der Waals surface area contributed by atoms with E-state index >= 15 is 0 Å². The van der Waals surface area contributed by atoms with Crippen LogP contribution >= 0.6 is 0 Å². The number of rotatable bonds is 5. The van der Waals surface area contributed by atoms with Crippen molar-refractivity contribution in [3.8, 4) is 11.6 Å². The summed E-state index contributed by atoms with van der Waals surface area (Å²) in [5, 5.41) is 13.3. The van der Waals surface area contributed by atoms with Crippen molar-refractivity contribution in [2.45, 2.75) is 12.3 Å². The van der Waals surface area contributed by atoms with Crippen LogP contribution in [0.5, 0.6) is 0 Å². The predicted molar refractivity (Wildman–Crippen MR) is 126 cm³/mol. The highest BCUT2D eigenvalue weighted by atomic mass is 19.4. The summed E-state index contributed by atoms with van der Waals surface area (Å²) in [6, 6.07) is 17.1. The summed E-state index contributed by atoms with van der Waals surface area (Å²) in [4.78, 5) is 24.9. The molecule has 5 rings (SSSR count). The highest BCUT2D eigenvalue weighted by Gasteiger charge is 2.32. The third kappa shape index (κ3) is 4.43. The lowest BCUT2D eigenvalue weighted by atomic mass is 10.0. The van der Waals surface area contributed by atoms with Gasteiger partial charge in [-0.05, 0) is 18.9 Å². The number of carbonyl (C=O) groups excluding carboxylic acids is 1. The maximum Gasteiger partial charge on any atom is 0.417 e. The Balaban J connectivity index is 1.48. The van der Waals surface area contributed by atoms with Gasteiger partial charge in [0.25, 0.3) is 11.8 Å². The number of benzodiazepines with no additional fused rings is 1. The third-order valence-corrected chi connectivity index (χ3v) is 5.25. The van der Waals surface area contributed by atoms with Crippen LogP contribution in [0.2, 0.25) is 0 Å². The topological polar surface area (TPSA) is 118 Å². The summed E-state index contributed by atoms with van der Waals surface area (Å²) >= 11 is 0. The molecule has 1 atom stereocenters. The molecule has 0 spiro atoms. The number of hydrogen-bond donors (Lipinski definition) is 2. The molecule has 0 fully saturated rings. The number of anilines is 2. The Labute approximate surface area is 201 Å². The number of carbonyl (C=O) groups is 1. The van der Waals surface area contributed by atoms with Crippen LogP contribution in [0, 0.1) is 0 Å². The fourth-order valence-corrected chi connectivity index (χ4v) is 3.57. The van der Waals surface area contributed by atoms with Gasteiger partial charge in [0.2, 0.25) is 6.17 Å². The van der Waals surface area contributed by atoms with Crippen molar-refractivity contribution in [2.75, 3.05) is 10.6 Å². The number of aliphatic imine (C=N–C) groups is 2. The van der Waals surface area contributed by atoms with Crippen LogP contribution < -0.4 is 10.6 Å². The number of pyridine rings is 1. The number of benzene rings is 2. The van der Waals surface area contributed by atoms with E-state index in [1.54, 1.807) is 12.1 Å². The summed E-state index contributed by atoms with van der Waals surface area (Å²) in [6.07, 6.45) is -5.13. The molecule has 36 heavy (non-hydrogen) atoms. The van der Waals surface area contributed by atoms with Crippen LogP contribution in [-0.2, 0) is 11.0 Å². The van der Waals surface area contributed by atoms with Crippen molar-refractivity contribution < 1.29 is 22.4 Å². The van der Waals surface area contributed by atoms with Gasteiger partial charge in [-0.25, -0.2) is 9.98 Å². The molecule has 9 nitrogen and oxygen atoms in total. The van der Waals surface area contributed by atoms with Crippen molar-refractivity contribution in [3.63, 3.8) is 0 Å². The van der Waals surface area contributed by atoms with Crippen molar-refractivity contribution in [3.05, 3.63) is 83.6 Å². The normalized spacial score (nSPS) is 15.4. The van der Waals surface area contributed by atoms with Crippen LogP contribution in [0.4, 0.5) is 30.6 Å². The smallest absolute Gasteiger partial charge is 0.402 e. The summed E-state index contributed by atoms with van der Waals surface area (Å²) in [5.74, 6) is -0.688. The molecular formula is C24H16F3N7O2. The van der Waals surface area contributed by atoms with Crippen molar-refractivity contribution in [1.82, 2.24) is 15.2 Å². The van der Waals surface area contributed by atoms with E-state index in [1.807, 2.05) is 42.5 Å². The lowest BCUT2D eigenvalue weighted by Gasteiger charge is -2.11. The first kappa shape index (κ1) is 22.9. The number of alkyl halides is 3. The Morgan fingerprint density at radius 3 is 2.56 bits per heavy atom. The SMILES string of the molecule is C=Nc1cc(C(F)(F)F)cnc1-c1nnc(N[C@H]2N=C(c3ccccc3)c3ccccc3NC2=O)o1. The van der Waals surface area contributed by atoms with Gasteiger partial charge in [0.1, 0.15) is 0 Å². The first-order valence-electron chi connectivity index (χ1n) is 10.5. The highest BCUT2D eigenvalue weighted by Crippen LogP contribution is 2.35. The Morgan fingerprint density at radius 1 is 1.06 bits per heavy atom. The summed E-state index contributed by atoms with van der Waals surface area (Å²) in [7, 11) is 0. The summed E-state index contributed by atoms with van der Waals surface area (Å²) < 4.78 is 44.6. The fourth-order valence-electron chi connectivity index (χ4n) is 3.57. The van der Waals surface area contributed by atoms with E-state index in [9.17, 15) is 18.0 Å². The largest absolute Gasteiger partial charge is 0.417 e. The Morgan fingerprint density at radius 2 is 1.81 bits per heavy atom. The second-order valence-electron chi connectivity index (χ2n) is 7.59. The third-order valence-electron chi connectivity index (χ3n) is 5.25. The van der Waals surface area contributed by atoms with Gasteiger partial charge in [-0.3, -0.25) is 9.79 Å². The zero-order valence-corrected chi connectivity index (χ0v) is 18.3. The van der Waals surface area contributed by atoms with Gasteiger partial charge in [-0.2, -0.15) is 13.2 Å². The van der Waals surface area contributed by atoms with E-state index in [0.29, 0.717) is 17.6 Å². The Kier molecular flexibility index (Phi) is 5.76. The fraction of sp³-hybridized carbons (Fsp3) is 0.0833. The number of hydrogen-bond acceptors (Lipinski definition) is 8. The minimum absolute atomic E-state index is 0.0928. The Bertz CT molecular complexity index is 1480. The van der Waals surface area contributed by atoms with Gasteiger partial charge in [-0.15, -0.1) is 5.10 Å². The van der Waals surface area contributed by atoms with Crippen LogP contribution in [0.15, 0.2) is 81.3 Å². The van der Waals surface area contributed by atoms with Gasteiger partial charge in [0.05, 0.1) is 22.6 Å². The van der Waals surface area contributed by atoms with Crippen LogP contribution in [0.25, 0.3) is 11.6 Å². The number of halogens is 3. The monoisotopic (exact) mass is 491 g/mol. The second kappa shape index (κ2) is 9.06. The average molecular weight is 491 g/mol. The average Bonchev–Trinajstić information content (AvgIpc) is 3.29. The standard InChI is InChI=1S/C24H16F3N7O2/c1-28-17-11-14(24(25,26)27)12-29-19(17)22-33-34-23(36-22)32-20-21(35)30-16-10-6-5-9-15(16)18(31-20)13-7-3-2-4-8-13/h2-12,20H,1H2,(H,30,35)(H,32,34)/t20-/m1/s1. The lowest BCUT2D eigenvalue weighted by Crippen LogP contribution is -2.32. The van der Waals surface area contributed by atoms with Gasteiger partial charge in [-0.1, -0.05) is 53.6 Å². The van der Waals surface area contributed by atoms with Gasteiger partial charge >= 0.3 is 12.2 Å². The minimum Gasteiger partial charge on any atom is -0.402 e. The van der Waals surface area contributed by atoms with E-state index < -0.39 is 23.8 Å². The number of fused-ring (bicyclic) bond motifs is 1. The molecule has 0 saturated heterocycles. The van der Waals surface area contributed by atoms with Gasteiger partial charge in [0.15, 0.2) is 5.69 Å². The zero-order chi connectivity index (χ0) is 25.3. The van der Waals surface area contributed by atoms with E-state index in [-0.39, 0.29) is 23.3 Å². The molecule has 12 heteroatoms.